The molecule has 8 heteroatoms. The van der Waals surface area contributed by atoms with E-state index in [1.165, 1.54) is 12.1 Å². The Morgan fingerprint density at radius 3 is 2.27 bits per heavy atom. The molecule has 162 valence electrons. The third-order valence-electron chi connectivity index (χ3n) is 4.28. The van der Waals surface area contributed by atoms with Crippen LogP contribution in [0.2, 0.25) is 0 Å². The Bertz CT molecular complexity index is 848. The lowest BCUT2D eigenvalue weighted by Crippen LogP contribution is -2.38. The summed E-state index contributed by atoms with van der Waals surface area (Å²) in [5.41, 5.74) is 1.65. The van der Waals surface area contributed by atoms with Crippen LogP contribution < -0.4 is 16.0 Å². The number of carbonyl (C=O) groups excluding carboxylic acids is 1. The molecule has 0 aliphatic carbocycles. The summed E-state index contributed by atoms with van der Waals surface area (Å²) in [5.74, 6) is 0.484. The molecule has 1 amide bonds. The van der Waals surface area contributed by atoms with E-state index in [4.69, 9.17) is 0 Å². The molecule has 2 aromatic carbocycles. The zero-order valence-corrected chi connectivity index (χ0v) is 17.1. The molecule has 0 fully saturated rings. The van der Waals surface area contributed by atoms with Crippen molar-refractivity contribution >= 4 is 11.9 Å². The van der Waals surface area contributed by atoms with Gasteiger partial charge in [0.05, 0.1) is 12.1 Å². The summed E-state index contributed by atoms with van der Waals surface area (Å²) >= 11 is 0. The molecule has 0 bridgehead atoms. The summed E-state index contributed by atoms with van der Waals surface area (Å²) in [6, 6.07) is 12.4. The van der Waals surface area contributed by atoms with Gasteiger partial charge in [0, 0.05) is 25.2 Å². The van der Waals surface area contributed by atoms with Crippen LogP contribution in [0.4, 0.5) is 13.2 Å². The molecule has 0 unspecified atom stereocenters. The number of rotatable bonds is 8. The zero-order valence-electron chi connectivity index (χ0n) is 17.1. The van der Waals surface area contributed by atoms with Crippen LogP contribution >= 0.6 is 0 Å². The van der Waals surface area contributed by atoms with E-state index < -0.39 is 11.7 Å². The molecule has 0 atom stereocenters. The van der Waals surface area contributed by atoms with Gasteiger partial charge in [0.1, 0.15) is 0 Å². The first-order chi connectivity index (χ1) is 14.3. The highest BCUT2D eigenvalue weighted by Crippen LogP contribution is 2.29. The molecule has 0 aliphatic heterocycles. The summed E-state index contributed by atoms with van der Waals surface area (Å²) < 4.78 is 37.9. The number of hydrogen-bond acceptors (Lipinski definition) is 2. The summed E-state index contributed by atoms with van der Waals surface area (Å²) in [6.45, 7) is 5.96. The maximum absolute atomic E-state index is 12.6. The quantitative estimate of drug-likeness (QED) is 0.450. The maximum Gasteiger partial charge on any atom is 0.416 e. The van der Waals surface area contributed by atoms with Crippen LogP contribution in [-0.2, 0) is 19.1 Å². The number of nitrogens with zero attached hydrogens (tertiary/aromatic N) is 1. The number of benzene rings is 2. The molecule has 5 nitrogen and oxygen atoms in total. The van der Waals surface area contributed by atoms with Gasteiger partial charge in [-0.3, -0.25) is 4.79 Å². The van der Waals surface area contributed by atoms with Crippen LogP contribution in [0.15, 0.2) is 53.5 Å². The second kappa shape index (κ2) is 11.2. The van der Waals surface area contributed by atoms with Gasteiger partial charge in [-0.25, -0.2) is 4.99 Å². The van der Waals surface area contributed by atoms with Crippen LogP contribution in [0.1, 0.15) is 40.9 Å². The van der Waals surface area contributed by atoms with Crippen molar-refractivity contribution in [1.29, 1.82) is 0 Å². The van der Waals surface area contributed by atoms with E-state index >= 15 is 0 Å². The molecule has 0 saturated heterocycles. The van der Waals surface area contributed by atoms with Gasteiger partial charge >= 0.3 is 6.18 Å². The van der Waals surface area contributed by atoms with Crippen LogP contribution in [0, 0.1) is 0 Å². The molecule has 2 rings (SSSR count). The van der Waals surface area contributed by atoms with Crippen molar-refractivity contribution in [3.63, 3.8) is 0 Å². The summed E-state index contributed by atoms with van der Waals surface area (Å²) in [4.78, 5) is 16.5. The Kier molecular flexibility index (Phi) is 8.70. The monoisotopic (exact) mass is 420 g/mol. The van der Waals surface area contributed by atoms with Gasteiger partial charge in [-0.05, 0) is 55.7 Å². The highest BCUT2D eigenvalue weighted by molar-refractivity contribution is 5.94. The van der Waals surface area contributed by atoms with Crippen LogP contribution in [0.3, 0.4) is 0 Å². The van der Waals surface area contributed by atoms with Crippen molar-refractivity contribution in [1.82, 2.24) is 16.0 Å². The fourth-order valence-corrected chi connectivity index (χ4v) is 2.77. The third kappa shape index (κ3) is 7.42. The van der Waals surface area contributed by atoms with E-state index in [0.29, 0.717) is 44.1 Å². The first kappa shape index (κ1) is 23.3. The number of hydrogen-bond donors (Lipinski definition) is 3. The maximum atomic E-state index is 12.6. The number of halogens is 3. The fourth-order valence-electron chi connectivity index (χ4n) is 2.77. The lowest BCUT2D eigenvalue weighted by molar-refractivity contribution is -0.137. The summed E-state index contributed by atoms with van der Waals surface area (Å²) in [7, 11) is 0. The predicted octanol–water partition coefficient (Wildman–Crippen LogP) is 3.75. The van der Waals surface area contributed by atoms with Gasteiger partial charge in [0.15, 0.2) is 5.96 Å². The molecule has 3 N–H and O–H groups in total. The van der Waals surface area contributed by atoms with Gasteiger partial charge < -0.3 is 16.0 Å². The first-order valence-electron chi connectivity index (χ1n) is 9.89. The highest BCUT2D eigenvalue weighted by Gasteiger charge is 2.29. The first-order valence-corrected chi connectivity index (χ1v) is 9.89. The molecule has 30 heavy (non-hydrogen) atoms. The second-order valence-corrected chi connectivity index (χ2v) is 6.63. The zero-order chi connectivity index (χ0) is 22.0. The number of aliphatic imine (C=N–C) groups is 1. The van der Waals surface area contributed by atoms with Crippen molar-refractivity contribution in [3.8, 4) is 0 Å². The largest absolute Gasteiger partial charge is 0.416 e. The predicted molar refractivity (Wildman–Crippen MR) is 112 cm³/mol. The third-order valence-corrected chi connectivity index (χ3v) is 4.28. The topological polar surface area (TPSA) is 65.5 Å². The van der Waals surface area contributed by atoms with Gasteiger partial charge in [-0.1, -0.05) is 24.3 Å². The smallest absolute Gasteiger partial charge is 0.357 e. The summed E-state index contributed by atoms with van der Waals surface area (Å²) in [5, 5.41) is 9.08. The van der Waals surface area contributed by atoms with Crippen molar-refractivity contribution < 1.29 is 18.0 Å². The molecule has 0 saturated carbocycles. The molecule has 0 spiro atoms. The van der Waals surface area contributed by atoms with Crippen molar-refractivity contribution in [2.24, 2.45) is 4.99 Å². The highest BCUT2D eigenvalue weighted by atomic mass is 19.4. The fraction of sp³-hybridized carbons (Fsp3) is 0.364. The van der Waals surface area contributed by atoms with E-state index in [0.717, 1.165) is 23.3 Å². The Morgan fingerprint density at radius 2 is 1.63 bits per heavy atom. The second-order valence-electron chi connectivity index (χ2n) is 6.63. The molecular weight excluding hydrogens is 393 g/mol. The number of alkyl halides is 3. The van der Waals surface area contributed by atoms with Gasteiger partial charge in [0.25, 0.3) is 5.91 Å². The van der Waals surface area contributed by atoms with E-state index in [2.05, 4.69) is 20.9 Å². The molecule has 0 radical (unpaired) electrons. The van der Waals surface area contributed by atoms with Gasteiger partial charge in [-0.15, -0.1) is 0 Å². The average molecular weight is 420 g/mol. The number of nitrogens with one attached hydrogen (secondary N) is 3. The minimum absolute atomic E-state index is 0.120. The molecule has 0 aromatic heterocycles. The van der Waals surface area contributed by atoms with E-state index in [9.17, 15) is 18.0 Å². The molecule has 0 heterocycles. The van der Waals surface area contributed by atoms with Gasteiger partial charge in [-0.2, -0.15) is 13.2 Å². The summed E-state index contributed by atoms with van der Waals surface area (Å²) in [6.07, 6.45) is -3.76. The molecule has 0 aliphatic rings. The van der Waals surface area contributed by atoms with Crippen molar-refractivity contribution in [3.05, 3.63) is 70.8 Å². The lowest BCUT2D eigenvalue weighted by Gasteiger charge is -2.12. The SMILES string of the molecule is CCNC(=O)c1cccc(CN=C(NCC)NCCc2ccc(C(F)(F)F)cc2)c1. The van der Waals surface area contributed by atoms with E-state index in [-0.39, 0.29) is 5.91 Å². The molecular formula is C22H27F3N4O. The molecule has 2 aromatic rings. The van der Waals surface area contributed by atoms with Crippen molar-refractivity contribution in [2.75, 3.05) is 19.6 Å². The Balaban J connectivity index is 1.93. The normalized spacial score (nSPS) is 11.8. The van der Waals surface area contributed by atoms with Crippen LogP contribution in [0.25, 0.3) is 0 Å². The average Bonchev–Trinajstić information content (AvgIpc) is 2.72. The van der Waals surface area contributed by atoms with E-state index in [1.807, 2.05) is 26.0 Å². The lowest BCUT2D eigenvalue weighted by atomic mass is 10.1. The number of amides is 1. The van der Waals surface area contributed by atoms with Crippen molar-refractivity contribution in [2.45, 2.75) is 33.0 Å². The minimum Gasteiger partial charge on any atom is -0.357 e. The Labute approximate surface area is 174 Å². The Hall–Kier alpha value is -3.03. The number of carbonyl (C=O) groups is 1. The Morgan fingerprint density at radius 1 is 0.933 bits per heavy atom. The minimum atomic E-state index is -4.32. The van der Waals surface area contributed by atoms with Crippen LogP contribution in [0.5, 0.6) is 0 Å². The van der Waals surface area contributed by atoms with E-state index in [1.54, 1.807) is 12.1 Å². The van der Waals surface area contributed by atoms with Gasteiger partial charge in [0.2, 0.25) is 0 Å². The van der Waals surface area contributed by atoms with Crippen LogP contribution in [-0.4, -0.2) is 31.5 Å². The standard InChI is InChI=1S/C22H27F3N4O/c1-3-26-20(30)18-7-5-6-17(14-18)15-29-21(27-4-2)28-13-12-16-8-10-19(11-9-16)22(23,24)25/h5-11,14H,3-4,12-13,15H2,1-2H3,(H,26,30)(H2,27,28,29). The number of guanidine groups is 1.